The molecular weight excluding hydrogens is 278 g/mol. The minimum atomic E-state index is 0.626. The minimum absolute atomic E-state index is 0.626. The number of hydrogen-bond acceptors (Lipinski definition) is 4. The number of hydrogen-bond donors (Lipinski definition) is 0. The van der Waals surface area contributed by atoms with E-state index in [2.05, 4.69) is 45.0 Å². The molecule has 0 aliphatic heterocycles. The van der Waals surface area contributed by atoms with Crippen LogP contribution < -0.4 is 14.0 Å². The molecule has 0 atom stereocenters. The van der Waals surface area contributed by atoms with E-state index < -0.39 is 0 Å². The van der Waals surface area contributed by atoms with Gasteiger partial charge < -0.3 is 9.47 Å². The molecule has 22 heavy (non-hydrogen) atoms. The molecule has 2 aromatic rings. The zero-order valence-corrected chi connectivity index (χ0v) is 14.2. The van der Waals surface area contributed by atoms with Gasteiger partial charge in [-0.2, -0.15) is 4.98 Å². The number of quaternary nitrogens is 1. The summed E-state index contributed by atoms with van der Waals surface area (Å²) in [6.07, 6.45) is 3.52. The second-order valence-corrected chi connectivity index (χ2v) is 6.22. The molecule has 5 heteroatoms. The lowest BCUT2D eigenvalue weighted by molar-refractivity contribution is 0.269. The predicted octanol–water partition coefficient (Wildman–Crippen LogP) is 3.40. The van der Waals surface area contributed by atoms with E-state index in [4.69, 9.17) is 9.47 Å². The first-order valence-electron chi connectivity index (χ1n) is 7.83. The minimum Gasteiger partial charge on any atom is -0.490 e. The second kappa shape index (κ2) is 6.92. The largest absolute Gasteiger partial charge is 0.490 e. The summed E-state index contributed by atoms with van der Waals surface area (Å²) < 4.78 is 12.3. The van der Waals surface area contributed by atoms with Gasteiger partial charge in [-0.3, -0.25) is 4.48 Å². The normalized spacial score (nSPS) is 11.7. The molecule has 0 aliphatic carbocycles. The Balaban J connectivity index is 2.55. The van der Waals surface area contributed by atoms with E-state index >= 15 is 0 Å². The van der Waals surface area contributed by atoms with E-state index in [9.17, 15) is 0 Å². The summed E-state index contributed by atoms with van der Waals surface area (Å²) in [6, 6.07) is 3.96. The summed E-state index contributed by atoms with van der Waals surface area (Å²) in [5.74, 6) is 2.49. The van der Waals surface area contributed by atoms with Crippen molar-refractivity contribution in [3.63, 3.8) is 0 Å². The van der Waals surface area contributed by atoms with Crippen LogP contribution in [0.4, 0.5) is 5.82 Å². The quantitative estimate of drug-likeness (QED) is 0.735. The van der Waals surface area contributed by atoms with Gasteiger partial charge in [0.25, 0.3) is 0 Å². The molecule has 1 heterocycles. The van der Waals surface area contributed by atoms with Crippen molar-refractivity contribution in [3.05, 3.63) is 18.5 Å². The van der Waals surface area contributed by atoms with Gasteiger partial charge in [0.15, 0.2) is 11.5 Å². The zero-order valence-electron chi connectivity index (χ0n) is 14.2. The van der Waals surface area contributed by atoms with Crippen LogP contribution in [0.25, 0.3) is 10.9 Å². The highest BCUT2D eigenvalue weighted by Crippen LogP contribution is 2.35. The molecule has 5 nitrogen and oxygen atoms in total. The molecule has 0 amide bonds. The lowest BCUT2D eigenvalue weighted by atomic mass is 10.2. The van der Waals surface area contributed by atoms with Gasteiger partial charge >= 0.3 is 0 Å². The number of benzene rings is 1. The average molecular weight is 304 g/mol. The third kappa shape index (κ3) is 3.65. The lowest BCUT2D eigenvalue weighted by Gasteiger charge is -2.23. The van der Waals surface area contributed by atoms with Crippen LogP contribution in [0.2, 0.25) is 0 Å². The van der Waals surface area contributed by atoms with Crippen molar-refractivity contribution in [2.24, 2.45) is 0 Å². The highest BCUT2D eigenvalue weighted by molar-refractivity contribution is 5.91. The third-order valence-electron chi connectivity index (χ3n) is 3.24. The molecule has 0 bridgehead atoms. The highest BCUT2D eigenvalue weighted by Gasteiger charge is 2.21. The van der Waals surface area contributed by atoms with Gasteiger partial charge in [0.1, 0.15) is 6.33 Å². The van der Waals surface area contributed by atoms with E-state index in [1.165, 1.54) is 0 Å². The van der Waals surface area contributed by atoms with Gasteiger partial charge in [-0.25, -0.2) is 4.98 Å². The van der Waals surface area contributed by atoms with Crippen LogP contribution in [0, 0.1) is 0 Å². The standard InChI is InChI=1S/C17H26N3O2/c1-6-8-21-15-10-13-14(11-16(15)22-9-7-2)18-12-19-17(13)20(3,4)5/h10-12H,6-9H2,1-5H3/q+1. The molecule has 0 radical (unpaired) electrons. The van der Waals surface area contributed by atoms with Crippen LogP contribution in [0.1, 0.15) is 26.7 Å². The summed E-state index contributed by atoms with van der Waals surface area (Å²) in [7, 11) is 6.28. The van der Waals surface area contributed by atoms with E-state index in [0.717, 1.165) is 41.1 Å². The Morgan fingerprint density at radius 3 is 2.05 bits per heavy atom. The van der Waals surface area contributed by atoms with E-state index in [0.29, 0.717) is 17.7 Å². The van der Waals surface area contributed by atoms with E-state index in [1.54, 1.807) is 6.33 Å². The topological polar surface area (TPSA) is 44.2 Å². The molecular formula is C17H26N3O2+. The van der Waals surface area contributed by atoms with Gasteiger partial charge in [0.2, 0.25) is 5.82 Å². The first-order valence-corrected chi connectivity index (χ1v) is 7.83. The van der Waals surface area contributed by atoms with Crippen molar-refractivity contribution < 1.29 is 9.47 Å². The van der Waals surface area contributed by atoms with Gasteiger partial charge in [0.05, 0.1) is 45.3 Å². The summed E-state index contributed by atoms with van der Waals surface area (Å²) >= 11 is 0. The second-order valence-electron chi connectivity index (χ2n) is 6.22. The maximum atomic E-state index is 5.87. The summed E-state index contributed by atoms with van der Waals surface area (Å²) in [6.45, 7) is 5.52. The van der Waals surface area contributed by atoms with Crippen LogP contribution in [-0.4, -0.2) is 44.3 Å². The molecule has 1 aromatic carbocycles. The lowest BCUT2D eigenvalue weighted by Crippen LogP contribution is -2.36. The molecule has 0 fully saturated rings. The smallest absolute Gasteiger partial charge is 0.238 e. The number of rotatable bonds is 7. The Kier molecular flexibility index (Phi) is 5.19. The molecule has 0 spiro atoms. The highest BCUT2D eigenvalue weighted by atomic mass is 16.5. The van der Waals surface area contributed by atoms with Crippen LogP contribution in [-0.2, 0) is 0 Å². The summed E-state index contributed by atoms with van der Waals surface area (Å²) in [5.41, 5.74) is 0.882. The van der Waals surface area contributed by atoms with Crippen LogP contribution >= 0.6 is 0 Å². The van der Waals surface area contributed by atoms with Crippen LogP contribution in [0.3, 0.4) is 0 Å². The Morgan fingerprint density at radius 1 is 0.909 bits per heavy atom. The first-order chi connectivity index (χ1) is 10.5. The fraction of sp³-hybridized carbons (Fsp3) is 0.529. The van der Waals surface area contributed by atoms with Crippen molar-refractivity contribution in [1.29, 1.82) is 0 Å². The maximum Gasteiger partial charge on any atom is 0.238 e. The van der Waals surface area contributed by atoms with Gasteiger partial charge in [-0.15, -0.1) is 0 Å². The molecule has 0 N–H and O–H groups in total. The van der Waals surface area contributed by atoms with Crippen molar-refractivity contribution in [3.8, 4) is 11.5 Å². The van der Waals surface area contributed by atoms with Gasteiger partial charge in [-0.1, -0.05) is 13.8 Å². The summed E-state index contributed by atoms with van der Waals surface area (Å²) in [4.78, 5) is 8.84. The Hall–Kier alpha value is -1.88. The fourth-order valence-electron chi connectivity index (χ4n) is 2.23. The molecule has 120 valence electrons. The van der Waals surface area contributed by atoms with Crippen LogP contribution in [0.15, 0.2) is 18.5 Å². The predicted molar refractivity (Wildman–Crippen MR) is 90.7 cm³/mol. The van der Waals surface area contributed by atoms with Crippen LogP contribution in [0.5, 0.6) is 11.5 Å². The molecule has 0 aliphatic rings. The monoisotopic (exact) mass is 304 g/mol. The molecule has 2 rings (SSSR count). The number of aromatic nitrogens is 2. The molecule has 0 unspecified atom stereocenters. The number of ether oxygens (including phenoxy) is 2. The molecule has 1 aromatic heterocycles. The number of fused-ring (bicyclic) bond motifs is 1. The summed E-state index contributed by atoms with van der Waals surface area (Å²) in [5, 5.41) is 1.00. The average Bonchev–Trinajstić information content (AvgIpc) is 2.48. The zero-order chi connectivity index (χ0) is 16.2. The SMILES string of the molecule is CCCOc1cc2ncnc([N+](C)(C)C)c2cc1OCCC. The van der Waals surface area contributed by atoms with Gasteiger partial charge in [0, 0.05) is 12.1 Å². The molecule has 0 saturated heterocycles. The van der Waals surface area contributed by atoms with Crippen molar-refractivity contribution in [2.75, 3.05) is 34.4 Å². The van der Waals surface area contributed by atoms with Crippen molar-refractivity contribution in [2.45, 2.75) is 26.7 Å². The Labute approximate surface area is 132 Å². The number of nitrogens with zero attached hydrogens (tertiary/aromatic N) is 3. The maximum absolute atomic E-state index is 5.87. The third-order valence-corrected chi connectivity index (χ3v) is 3.24. The first kappa shape index (κ1) is 16.5. The molecule has 0 saturated carbocycles. The van der Waals surface area contributed by atoms with E-state index in [-0.39, 0.29) is 0 Å². The van der Waals surface area contributed by atoms with Crippen molar-refractivity contribution in [1.82, 2.24) is 14.5 Å². The van der Waals surface area contributed by atoms with E-state index in [1.807, 2.05) is 12.1 Å². The van der Waals surface area contributed by atoms with Gasteiger partial charge in [-0.05, 0) is 12.8 Å². The Bertz CT molecular complexity index is 636. The van der Waals surface area contributed by atoms with Crippen molar-refractivity contribution >= 4 is 16.7 Å². The fourth-order valence-corrected chi connectivity index (χ4v) is 2.23. The Morgan fingerprint density at radius 2 is 1.50 bits per heavy atom.